The highest BCUT2D eigenvalue weighted by molar-refractivity contribution is 7.10. The van der Waals surface area contributed by atoms with Crippen molar-refractivity contribution in [1.82, 2.24) is 9.69 Å². The lowest BCUT2D eigenvalue weighted by molar-refractivity contribution is -0.124. The lowest BCUT2D eigenvalue weighted by Gasteiger charge is -2.32. The number of hydrogen-bond donors (Lipinski definition) is 2. The molecule has 3 N–H and O–H groups in total. The van der Waals surface area contributed by atoms with Gasteiger partial charge in [-0.1, -0.05) is 0 Å². The van der Waals surface area contributed by atoms with Crippen molar-refractivity contribution < 1.29 is 4.79 Å². The van der Waals surface area contributed by atoms with Crippen LogP contribution in [0.4, 0.5) is 10.8 Å². The van der Waals surface area contributed by atoms with Gasteiger partial charge in [0.2, 0.25) is 5.91 Å². The number of nitrogens with zero attached hydrogens (tertiary/aromatic N) is 3. The molecule has 1 atom stereocenters. The fourth-order valence-electron chi connectivity index (χ4n) is 2.19. The first-order chi connectivity index (χ1) is 8.67. The minimum atomic E-state index is -0.0291. The highest BCUT2D eigenvalue weighted by atomic mass is 32.1. The molecule has 2 heterocycles. The average Bonchev–Trinajstić information content (AvgIpc) is 2.79. The molecule has 0 saturated carbocycles. The molecule has 1 fully saturated rings. The normalized spacial score (nSPS) is 19.3. The summed E-state index contributed by atoms with van der Waals surface area (Å²) >= 11 is 1.23. The van der Waals surface area contributed by atoms with E-state index in [2.05, 4.69) is 15.8 Å². The van der Waals surface area contributed by atoms with Gasteiger partial charge in [-0.05, 0) is 24.4 Å². The van der Waals surface area contributed by atoms with Gasteiger partial charge in [-0.25, -0.2) is 0 Å². The zero-order valence-electron chi connectivity index (χ0n) is 10.1. The minimum absolute atomic E-state index is 0.0291. The summed E-state index contributed by atoms with van der Waals surface area (Å²) in [7, 11) is 1.65. The Kier molecular flexibility index (Phi) is 3.67. The van der Waals surface area contributed by atoms with Gasteiger partial charge in [-0.2, -0.15) is 9.64 Å². The molecule has 1 amide bonds. The Morgan fingerprint density at radius 1 is 1.72 bits per heavy atom. The Morgan fingerprint density at radius 2 is 2.50 bits per heavy atom. The number of carbonyl (C=O) groups is 1. The molecule has 0 bridgehead atoms. The van der Waals surface area contributed by atoms with E-state index in [1.165, 1.54) is 11.5 Å². The molecule has 1 unspecified atom stereocenters. The lowest BCUT2D eigenvalue weighted by atomic mass is 9.97. The summed E-state index contributed by atoms with van der Waals surface area (Å²) in [5.74, 6) is 0.300. The summed E-state index contributed by atoms with van der Waals surface area (Å²) in [5.41, 5.74) is 6.08. The summed E-state index contributed by atoms with van der Waals surface area (Å²) in [6, 6.07) is 2.08. The van der Waals surface area contributed by atoms with Gasteiger partial charge >= 0.3 is 0 Å². The van der Waals surface area contributed by atoms with E-state index in [4.69, 9.17) is 11.0 Å². The van der Waals surface area contributed by atoms with Gasteiger partial charge in [0.05, 0.1) is 5.92 Å². The number of amides is 1. The molecule has 6 nitrogen and oxygen atoms in total. The maximum absolute atomic E-state index is 11.7. The molecule has 1 saturated heterocycles. The number of nitriles is 1. The number of carbonyl (C=O) groups excluding carboxylic acids is 1. The van der Waals surface area contributed by atoms with Crippen molar-refractivity contribution in [2.75, 3.05) is 30.8 Å². The van der Waals surface area contributed by atoms with Gasteiger partial charge in [-0.3, -0.25) is 4.79 Å². The molecule has 96 valence electrons. The van der Waals surface area contributed by atoms with E-state index in [0.29, 0.717) is 12.1 Å². The van der Waals surface area contributed by atoms with Gasteiger partial charge in [0, 0.05) is 20.1 Å². The number of aromatic nitrogens is 1. The maximum Gasteiger partial charge on any atom is 0.224 e. The molecule has 7 heteroatoms. The zero-order chi connectivity index (χ0) is 13.1. The number of anilines is 2. The van der Waals surface area contributed by atoms with Gasteiger partial charge < -0.3 is 16.0 Å². The Balaban J connectivity index is 2.18. The third kappa shape index (κ3) is 2.24. The van der Waals surface area contributed by atoms with E-state index in [1.807, 2.05) is 4.90 Å². The summed E-state index contributed by atoms with van der Waals surface area (Å²) < 4.78 is 4.01. The Bertz CT molecular complexity index is 492. The van der Waals surface area contributed by atoms with E-state index in [-0.39, 0.29) is 17.6 Å². The van der Waals surface area contributed by atoms with Crippen LogP contribution in [0.1, 0.15) is 18.4 Å². The standard InChI is InChI=1S/C11H15N5OS/c1-14-10(17)7-3-2-4-16(6-7)11-8(5-12)9(13)15-18-11/h7H,2-4,6H2,1H3,(H2,13,15)(H,14,17). The van der Waals surface area contributed by atoms with Crippen LogP contribution < -0.4 is 16.0 Å². The van der Waals surface area contributed by atoms with Crippen molar-refractivity contribution in [3.63, 3.8) is 0 Å². The van der Waals surface area contributed by atoms with Gasteiger partial charge in [0.25, 0.3) is 0 Å². The Labute approximate surface area is 110 Å². The van der Waals surface area contributed by atoms with E-state index in [1.54, 1.807) is 7.05 Å². The molecule has 1 aliphatic rings. The predicted molar refractivity (Wildman–Crippen MR) is 70.2 cm³/mol. The number of nitrogens with one attached hydrogen (secondary N) is 1. The van der Waals surface area contributed by atoms with Crippen LogP contribution in [0.5, 0.6) is 0 Å². The van der Waals surface area contributed by atoms with Gasteiger partial charge in [0.1, 0.15) is 16.6 Å². The first-order valence-corrected chi connectivity index (χ1v) is 6.56. The zero-order valence-corrected chi connectivity index (χ0v) is 11.0. The summed E-state index contributed by atoms with van der Waals surface area (Å²) in [6.07, 6.45) is 1.81. The second kappa shape index (κ2) is 5.23. The van der Waals surface area contributed by atoms with Crippen LogP contribution in [0.3, 0.4) is 0 Å². The van der Waals surface area contributed by atoms with Crippen LogP contribution in [0, 0.1) is 17.2 Å². The highest BCUT2D eigenvalue weighted by Gasteiger charge is 2.28. The van der Waals surface area contributed by atoms with Crippen molar-refractivity contribution in [3.8, 4) is 6.07 Å². The minimum Gasteiger partial charge on any atom is -0.382 e. The van der Waals surface area contributed by atoms with Crippen molar-refractivity contribution in [2.24, 2.45) is 5.92 Å². The SMILES string of the molecule is CNC(=O)C1CCCN(c2snc(N)c2C#N)C1. The molecule has 1 aromatic rings. The number of rotatable bonds is 2. The first-order valence-electron chi connectivity index (χ1n) is 5.79. The van der Waals surface area contributed by atoms with Crippen LogP contribution in [-0.2, 0) is 4.79 Å². The van der Waals surface area contributed by atoms with Gasteiger partial charge in [-0.15, -0.1) is 0 Å². The summed E-state index contributed by atoms with van der Waals surface area (Å²) in [4.78, 5) is 13.7. The van der Waals surface area contributed by atoms with Crippen LogP contribution in [0.15, 0.2) is 0 Å². The second-order valence-corrected chi connectivity index (χ2v) is 5.01. The topological polar surface area (TPSA) is 95.0 Å². The highest BCUT2D eigenvalue weighted by Crippen LogP contribution is 2.32. The molecule has 0 aliphatic carbocycles. The molecule has 0 aromatic carbocycles. The number of nitrogen functional groups attached to an aromatic ring is 1. The van der Waals surface area contributed by atoms with Crippen LogP contribution in [-0.4, -0.2) is 30.4 Å². The van der Waals surface area contributed by atoms with E-state index in [9.17, 15) is 4.79 Å². The molecule has 1 aromatic heterocycles. The monoisotopic (exact) mass is 265 g/mol. The fourth-order valence-corrected chi connectivity index (χ4v) is 2.99. The summed E-state index contributed by atoms with van der Waals surface area (Å²) in [6.45, 7) is 1.46. The van der Waals surface area contributed by atoms with Crippen molar-refractivity contribution >= 4 is 28.3 Å². The third-order valence-electron chi connectivity index (χ3n) is 3.14. The summed E-state index contributed by atoms with van der Waals surface area (Å²) in [5, 5.41) is 12.5. The van der Waals surface area contributed by atoms with Crippen LogP contribution >= 0.6 is 11.5 Å². The van der Waals surface area contributed by atoms with E-state index < -0.39 is 0 Å². The first kappa shape index (κ1) is 12.6. The van der Waals surface area contributed by atoms with Crippen LogP contribution in [0.2, 0.25) is 0 Å². The smallest absolute Gasteiger partial charge is 0.224 e. The fraction of sp³-hybridized carbons (Fsp3) is 0.545. The largest absolute Gasteiger partial charge is 0.382 e. The quantitative estimate of drug-likeness (QED) is 0.814. The third-order valence-corrected chi connectivity index (χ3v) is 4.06. The molecular weight excluding hydrogens is 250 g/mol. The number of nitrogens with two attached hydrogens (primary N) is 1. The Morgan fingerprint density at radius 3 is 3.17 bits per heavy atom. The van der Waals surface area contributed by atoms with E-state index >= 15 is 0 Å². The lowest BCUT2D eigenvalue weighted by Crippen LogP contribution is -2.42. The molecular formula is C11H15N5OS. The maximum atomic E-state index is 11.7. The predicted octanol–water partition coefficient (Wildman–Crippen LogP) is 0.559. The second-order valence-electron chi connectivity index (χ2n) is 4.26. The van der Waals surface area contributed by atoms with Gasteiger partial charge in [0.15, 0.2) is 5.82 Å². The van der Waals surface area contributed by atoms with Crippen LogP contribution in [0.25, 0.3) is 0 Å². The molecule has 18 heavy (non-hydrogen) atoms. The van der Waals surface area contributed by atoms with Crippen molar-refractivity contribution in [3.05, 3.63) is 5.56 Å². The molecule has 0 radical (unpaired) electrons. The number of hydrogen-bond acceptors (Lipinski definition) is 6. The average molecular weight is 265 g/mol. The Hall–Kier alpha value is -1.81. The molecule has 2 rings (SSSR count). The van der Waals surface area contributed by atoms with Crippen molar-refractivity contribution in [2.45, 2.75) is 12.8 Å². The van der Waals surface area contributed by atoms with Crippen molar-refractivity contribution in [1.29, 1.82) is 5.26 Å². The van der Waals surface area contributed by atoms with E-state index in [0.717, 1.165) is 24.4 Å². The number of piperidine rings is 1. The molecule has 0 spiro atoms. The molecule has 1 aliphatic heterocycles.